The van der Waals surface area contributed by atoms with Crippen LogP contribution in [-0.4, -0.2) is 38.3 Å². The maximum Gasteiger partial charge on any atom is 0.222 e. The molecule has 1 saturated carbocycles. The van der Waals surface area contributed by atoms with Crippen LogP contribution >= 0.6 is 12.4 Å². The lowest BCUT2D eigenvalue weighted by atomic mass is 9.82. The molecule has 5 heteroatoms. The summed E-state index contributed by atoms with van der Waals surface area (Å²) in [5, 5.41) is 6.32. The minimum Gasteiger partial charge on any atom is -0.375 e. The normalized spacial score (nSPS) is 31.3. The summed E-state index contributed by atoms with van der Waals surface area (Å²) in [4.78, 5) is 11.8. The van der Waals surface area contributed by atoms with Gasteiger partial charge < -0.3 is 15.4 Å². The lowest BCUT2D eigenvalue weighted by Crippen LogP contribution is -2.42. The summed E-state index contributed by atoms with van der Waals surface area (Å²) in [6.45, 7) is 5.59. The molecule has 19 heavy (non-hydrogen) atoms. The number of nitrogens with one attached hydrogen (secondary N) is 2. The smallest absolute Gasteiger partial charge is 0.222 e. The first kappa shape index (κ1) is 16.7. The maximum absolute atomic E-state index is 11.8. The van der Waals surface area contributed by atoms with E-state index >= 15 is 0 Å². The molecule has 2 rings (SSSR count). The molecule has 0 aromatic rings. The van der Waals surface area contributed by atoms with Crippen molar-refractivity contribution in [2.45, 2.75) is 45.1 Å². The molecule has 0 radical (unpaired) electrons. The van der Waals surface area contributed by atoms with Gasteiger partial charge in [-0.1, -0.05) is 19.8 Å². The number of hydrogen-bond acceptors (Lipinski definition) is 3. The standard InChI is InChI=1S/C14H26N2O2.ClH/c1-11-3-2-4-12(7-11)9-16-14(17)8-13-10-15-5-6-18-13;/h11-13,15H,2-10H2,1H3,(H,16,17);1H. The Balaban J connectivity index is 0.00000180. The van der Waals surface area contributed by atoms with Crippen LogP contribution in [0.3, 0.4) is 0 Å². The van der Waals surface area contributed by atoms with E-state index in [-0.39, 0.29) is 24.4 Å². The number of rotatable bonds is 4. The molecular weight excluding hydrogens is 264 g/mol. The Morgan fingerprint density at radius 2 is 2.26 bits per heavy atom. The number of morpholine rings is 1. The summed E-state index contributed by atoms with van der Waals surface area (Å²) < 4.78 is 5.53. The van der Waals surface area contributed by atoms with E-state index < -0.39 is 0 Å². The van der Waals surface area contributed by atoms with Crippen molar-refractivity contribution < 1.29 is 9.53 Å². The lowest BCUT2D eigenvalue weighted by Gasteiger charge is -2.27. The molecule has 0 bridgehead atoms. The van der Waals surface area contributed by atoms with Gasteiger partial charge >= 0.3 is 0 Å². The molecule has 1 aliphatic heterocycles. The third-order valence-corrected chi connectivity index (χ3v) is 4.05. The van der Waals surface area contributed by atoms with Gasteiger partial charge in [0.1, 0.15) is 0 Å². The first-order chi connectivity index (χ1) is 8.74. The van der Waals surface area contributed by atoms with Crippen molar-refractivity contribution in [1.82, 2.24) is 10.6 Å². The molecule has 3 atom stereocenters. The van der Waals surface area contributed by atoms with Gasteiger partial charge in [-0.3, -0.25) is 4.79 Å². The van der Waals surface area contributed by atoms with Crippen molar-refractivity contribution in [3.05, 3.63) is 0 Å². The zero-order valence-corrected chi connectivity index (χ0v) is 12.6. The fourth-order valence-corrected chi connectivity index (χ4v) is 3.03. The Kier molecular flexibility index (Phi) is 7.73. The second-order valence-corrected chi connectivity index (χ2v) is 5.84. The number of carbonyl (C=O) groups is 1. The first-order valence-electron chi connectivity index (χ1n) is 7.33. The van der Waals surface area contributed by atoms with Crippen molar-refractivity contribution in [2.24, 2.45) is 11.8 Å². The highest BCUT2D eigenvalue weighted by atomic mass is 35.5. The highest BCUT2D eigenvalue weighted by molar-refractivity contribution is 5.85. The van der Waals surface area contributed by atoms with Gasteiger partial charge in [0.15, 0.2) is 0 Å². The Bertz CT molecular complexity index is 270. The third kappa shape index (κ3) is 6.11. The molecule has 2 aliphatic rings. The molecule has 1 aliphatic carbocycles. The molecule has 2 N–H and O–H groups in total. The van der Waals surface area contributed by atoms with Crippen LogP contribution in [-0.2, 0) is 9.53 Å². The minimum atomic E-state index is 0. The fourth-order valence-electron chi connectivity index (χ4n) is 3.03. The largest absolute Gasteiger partial charge is 0.375 e. The van der Waals surface area contributed by atoms with Crippen LogP contribution in [0.25, 0.3) is 0 Å². The Morgan fingerprint density at radius 1 is 1.42 bits per heavy atom. The van der Waals surface area contributed by atoms with Crippen molar-refractivity contribution in [1.29, 1.82) is 0 Å². The van der Waals surface area contributed by atoms with Gasteiger partial charge in [0.2, 0.25) is 5.91 Å². The van der Waals surface area contributed by atoms with Crippen LogP contribution in [0.15, 0.2) is 0 Å². The van der Waals surface area contributed by atoms with E-state index in [2.05, 4.69) is 17.6 Å². The van der Waals surface area contributed by atoms with Crippen LogP contribution in [0.4, 0.5) is 0 Å². The minimum absolute atomic E-state index is 0. The van der Waals surface area contributed by atoms with Crippen LogP contribution in [0.1, 0.15) is 39.0 Å². The highest BCUT2D eigenvalue weighted by Crippen LogP contribution is 2.27. The monoisotopic (exact) mass is 290 g/mol. The molecule has 0 aromatic carbocycles. The molecular formula is C14H27ClN2O2. The van der Waals surface area contributed by atoms with E-state index in [4.69, 9.17) is 4.74 Å². The molecule has 1 saturated heterocycles. The molecule has 0 aromatic heterocycles. The van der Waals surface area contributed by atoms with Gasteiger partial charge in [0, 0.05) is 19.6 Å². The van der Waals surface area contributed by atoms with Gasteiger partial charge in [-0.25, -0.2) is 0 Å². The average Bonchev–Trinajstić information content (AvgIpc) is 2.38. The van der Waals surface area contributed by atoms with Crippen LogP contribution < -0.4 is 10.6 Å². The molecule has 0 spiro atoms. The summed E-state index contributed by atoms with van der Waals surface area (Å²) >= 11 is 0. The maximum atomic E-state index is 11.8. The van der Waals surface area contributed by atoms with Crippen LogP contribution in [0.2, 0.25) is 0 Å². The fraction of sp³-hybridized carbons (Fsp3) is 0.929. The third-order valence-electron chi connectivity index (χ3n) is 4.05. The second-order valence-electron chi connectivity index (χ2n) is 5.84. The summed E-state index contributed by atoms with van der Waals surface area (Å²) in [5.74, 6) is 1.65. The van der Waals surface area contributed by atoms with Gasteiger partial charge in [0.05, 0.1) is 19.1 Å². The van der Waals surface area contributed by atoms with Gasteiger partial charge in [-0.05, 0) is 24.7 Å². The van der Waals surface area contributed by atoms with Gasteiger partial charge in [-0.15, -0.1) is 12.4 Å². The van der Waals surface area contributed by atoms with Crippen molar-refractivity contribution in [2.75, 3.05) is 26.2 Å². The predicted molar refractivity (Wildman–Crippen MR) is 78.6 cm³/mol. The zero-order chi connectivity index (χ0) is 12.8. The van der Waals surface area contributed by atoms with E-state index in [0.717, 1.165) is 32.2 Å². The number of hydrogen-bond donors (Lipinski definition) is 2. The molecule has 4 nitrogen and oxygen atoms in total. The summed E-state index contributed by atoms with van der Waals surface area (Å²) in [6.07, 6.45) is 5.76. The SMILES string of the molecule is CC1CCCC(CNC(=O)CC2CNCCO2)C1.Cl. The number of amides is 1. The first-order valence-corrected chi connectivity index (χ1v) is 7.33. The summed E-state index contributed by atoms with van der Waals surface area (Å²) in [6, 6.07) is 0. The predicted octanol–water partition coefficient (Wildman–Crippen LogP) is 1.73. The number of halogens is 1. The van der Waals surface area contributed by atoms with E-state index in [0.29, 0.717) is 12.3 Å². The van der Waals surface area contributed by atoms with Crippen LogP contribution in [0, 0.1) is 11.8 Å². The van der Waals surface area contributed by atoms with Gasteiger partial charge in [0.25, 0.3) is 0 Å². The van der Waals surface area contributed by atoms with Crippen LogP contribution in [0.5, 0.6) is 0 Å². The Labute approximate surface area is 122 Å². The van der Waals surface area contributed by atoms with Crippen molar-refractivity contribution >= 4 is 18.3 Å². The number of ether oxygens (including phenoxy) is 1. The lowest BCUT2D eigenvalue weighted by molar-refractivity contribution is -0.124. The molecule has 112 valence electrons. The zero-order valence-electron chi connectivity index (χ0n) is 11.8. The van der Waals surface area contributed by atoms with E-state index in [9.17, 15) is 4.79 Å². The van der Waals surface area contributed by atoms with Crippen molar-refractivity contribution in [3.8, 4) is 0 Å². The summed E-state index contributed by atoms with van der Waals surface area (Å²) in [5.41, 5.74) is 0. The van der Waals surface area contributed by atoms with E-state index in [1.807, 2.05) is 0 Å². The summed E-state index contributed by atoms with van der Waals surface area (Å²) in [7, 11) is 0. The second kappa shape index (κ2) is 8.77. The number of carbonyl (C=O) groups excluding carboxylic acids is 1. The quantitative estimate of drug-likeness (QED) is 0.829. The average molecular weight is 291 g/mol. The topological polar surface area (TPSA) is 50.4 Å². The molecule has 3 unspecified atom stereocenters. The Hall–Kier alpha value is -0.320. The molecule has 2 fully saturated rings. The molecule has 1 amide bonds. The van der Waals surface area contributed by atoms with E-state index in [1.54, 1.807) is 0 Å². The molecule has 1 heterocycles. The van der Waals surface area contributed by atoms with Crippen molar-refractivity contribution in [3.63, 3.8) is 0 Å². The van der Waals surface area contributed by atoms with E-state index in [1.165, 1.54) is 25.7 Å². The Morgan fingerprint density at radius 3 is 2.95 bits per heavy atom. The highest BCUT2D eigenvalue weighted by Gasteiger charge is 2.21. The van der Waals surface area contributed by atoms with Gasteiger partial charge in [-0.2, -0.15) is 0 Å².